The average molecular weight is 419 g/mol. The molecule has 150 valence electrons. The number of anilines is 1. The van der Waals surface area contributed by atoms with Gasteiger partial charge < -0.3 is 10.1 Å². The van der Waals surface area contributed by atoms with Gasteiger partial charge >= 0.3 is 0 Å². The van der Waals surface area contributed by atoms with Crippen LogP contribution in [0.5, 0.6) is 5.75 Å². The lowest BCUT2D eigenvalue weighted by atomic mass is 10.1. The van der Waals surface area contributed by atoms with E-state index in [1.165, 1.54) is 4.90 Å². The second kappa shape index (κ2) is 8.84. The van der Waals surface area contributed by atoms with Crippen molar-refractivity contribution in [3.63, 3.8) is 0 Å². The molecule has 0 unspecified atom stereocenters. The van der Waals surface area contributed by atoms with Crippen molar-refractivity contribution in [2.75, 3.05) is 11.4 Å². The molecule has 0 spiro atoms. The van der Waals surface area contributed by atoms with Gasteiger partial charge in [0.2, 0.25) is 5.91 Å². The van der Waals surface area contributed by atoms with Gasteiger partial charge in [0.15, 0.2) is 11.5 Å². The first-order chi connectivity index (χ1) is 14.6. The number of ether oxygens (including phenoxy) is 1. The molecule has 0 aliphatic carbocycles. The fourth-order valence-electron chi connectivity index (χ4n) is 3.15. The van der Waals surface area contributed by atoms with E-state index < -0.39 is 5.91 Å². The van der Waals surface area contributed by atoms with E-state index in [9.17, 15) is 9.59 Å². The van der Waals surface area contributed by atoms with E-state index in [-0.39, 0.29) is 18.2 Å². The lowest BCUT2D eigenvalue weighted by Gasteiger charge is -2.30. The van der Waals surface area contributed by atoms with Crippen LogP contribution in [0.1, 0.15) is 11.1 Å². The summed E-state index contributed by atoms with van der Waals surface area (Å²) in [5.74, 6) is -0.0478. The topological polar surface area (TPSA) is 58.6 Å². The molecule has 3 aromatic carbocycles. The minimum Gasteiger partial charge on any atom is -0.449 e. The highest BCUT2D eigenvalue weighted by atomic mass is 35.5. The van der Waals surface area contributed by atoms with Crippen LogP contribution in [0.15, 0.2) is 84.6 Å². The molecule has 1 N–H and O–H groups in total. The van der Waals surface area contributed by atoms with Crippen molar-refractivity contribution in [2.45, 2.75) is 6.54 Å². The Morgan fingerprint density at radius 2 is 1.67 bits per heavy atom. The smallest absolute Gasteiger partial charge is 0.294 e. The van der Waals surface area contributed by atoms with Crippen molar-refractivity contribution in [1.29, 1.82) is 0 Å². The maximum atomic E-state index is 13.1. The Kier molecular flexibility index (Phi) is 5.82. The minimum atomic E-state index is -0.400. The number of fused-ring (bicyclic) bond motifs is 1. The Balaban J connectivity index is 1.57. The van der Waals surface area contributed by atoms with Crippen LogP contribution >= 0.6 is 11.6 Å². The van der Waals surface area contributed by atoms with Gasteiger partial charge in [0.25, 0.3) is 5.91 Å². The maximum Gasteiger partial charge on any atom is 0.294 e. The summed E-state index contributed by atoms with van der Waals surface area (Å²) in [6.45, 7) is 0.272. The Bertz CT molecular complexity index is 1110. The predicted molar refractivity (Wildman–Crippen MR) is 117 cm³/mol. The molecule has 0 saturated heterocycles. The largest absolute Gasteiger partial charge is 0.449 e. The van der Waals surface area contributed by atoms with Crippen LogP contribution in [-0.2, 0) is 16.1 Å². The number of carbonyl (C=O) groups excluding carboxylic acids is 2. The summed E-state index contributed by atoms with van der Waals surface area (Å²) in [6, 6.07) is 23.9. The lowest BCUT2D eigenvalue weighted by Crippen LogP contribution is -2.44. The van der Waals surface area contributed by atoms with Crippen LogP contribution in [0.3, 0.4) is 0 Å². The van der Waals surface area contributed by atoms with Gasteiger partial charge in [-0.15, -0.1) is 0 Å². The standard InChI is InChI=1S/C24H19ClN2O3/c25-19-11-5-4-10-18(19)14-22-24(29)27(20-12-6-7-13-21(20)30-22)16-23(28)26-15-17-8-2-1-3-9-17/h1-14H,15-16H2,(H,26,28). The number of para-hydroxylation sites is 2. The molecule has 0 saturated carbocycles. The molecule has 0 atom stereocenters. The number of hydrogen-bond acceptors (Lipinski definition) is 3. The van der Waals surface area contributed by atoms with E-state index in [0.717, 1.165) is 5.56 Å². The molecule has 0 bridgehead atoms. The number of benzene rings is 3. The quantitative estimate of drug-likeness (QED) is 0.624. The highest BCUT2D eigenvalue weighted by Crippen LogP contribution is 2.35. The molecule has 30 heavy (non-hydrogen) atoms. The second-order valence-electron chi connectivity index (χ2n) is 6.75. The van der Waals surface area contributed by atoms with E-state index in [4.69, 9.17) is 16.3 Å². The minimum absolute atomic E-state index is 0.109. The summed E-state index contributed by atoms with van der Waals surface area (Å²) < 4.78 is 5.82. The maximum absolute atomic E-state index is 13.1. The van der Waals surface area contributed by atoms with E-state index in [1.54, 1.807) is 36.4 Å². The van der Waals surface area contributed by atoms with Crippen molar-refractivity contribution in [1.82, 2.24) is 5.32 Å². The number of hydrogen-bond donors (Lipinski definition) is 1. The third-order valence-corrected chi connectivity index (χ3v) is 5.00. The third kappa shape index (κ3) is 4.36. The second-order valence-corrected chi connectivity index (χ2v) is 7.16. The van der Waals surface area contributed by atoms with Crippen LogP contribution in [0.4, 0.5) is 5.69 Å². The Labute approximate surface area is 179 Å². The van der Waals surface area contributed by atoms with Crippen molar-refractivity contribution in [3.8, 4) is 5.75 Å². The average Bonchev–Trinajstić information content (AvgIpc) is 2.77. The summed E-state index contributed by atoms with van der Waals surface area (Å²) in [5.41, 5.74) is 2.20. The zero-order valence-corrected chi connectivity index (χ0v) is 16.8. The fraction of sp³-hybridized carbons (Fsp3) is 0.0833. The van der Waals surface area contributed by atoms with E-state index in [2.05, 4.69) is 5.32 Å². The molecule has 2 amide bonds. The van der Waals surface area contributed by atoms with Crippen molar-refractivity contribution in [3.05, 3.63) is 101 Å². The number of carbonyl (C=O) groups is 2. The molecule has 1 aliphatic heterocycles. The van der Waals surface area contributed by atoms with Crippen LogP contribution in [0.25, 0.3) is 6.08 Å². The van der Waals surface area contributed by atoms with E-state index in [1.807, 2.05) is 48.5 Å². The number of amides is 2. The molecule has 5 nitrogen and oxygen atoms in total. The molecule has 1 heterocycles. The summed E-state index contributed by atoms with van der Waals surface area (Å²) in [6.07, 6.45) is 1.59. The van der Waals surface area contributed by atoms with Gasteiger partial charge in [-0.05, 0) is 35.4 Å². The fourth-order valence-corrected chi connectivity index (χ4v) is 3.34. The number of halogens is 1. The van der Waals surface area contributed by atoms with Crippen LogP contribution < -0.4 is 15.0 Å². The molecule has 4 rings (SSSR count). The first-order valence-electron chi connectivity index (χ1n) is 9.47. The summed E-state index contributed by atoms with van der Waals surface area (Å²) in [7, 11) is 0. The first kappa shape index (κ1) is 19.7. The molecular formula is C24H19ClN2O3. The SMILES string of the molecule is O=C(CN1C(=O)C(=Cc2ccccc2Cl)Oc2ccccc21)NCc1ccccc1. The summed E-state index contributed by atoms with van der Waals surface area (Å²) in [4.78, 5) is 27.1. The third-order valence-electron chi connectivity index (χ3n) is 4.66. The zero-order valence-electron chi connectivity index (χ0n) is 16.0. The van der Waals surface area contributed by atoms with E-state index in [0.29, 0.717) is 28.6 Å². The summed E-state index contributed by atoms with van der Waals surface area (Å²) in [5, 5.41) is 3.36. The van der Waals surface area contributed by atoms with Gasteiger partial charge in [0.1, 0.15) is 6.54 Å². The van der Waals surface area contributed by atoms with Crippen molar-refractivity contribution < 1.29 is 14.3 Å². The summed E-state index contributed by atoms with van der Waals surface area (Å²) >= 11 is 6.22. The molecule has 3 aromatic rings. The predicted octanol–water partition coefficient (Wildman–Crippen LogP) is 4.42. The molecule has 0 fully saturated rings. The molecule has 6 heteroatoms. The van der Waals surface area contributed by atoms with Gasteiger partial charge in [-0.25, -0.2) is 0 Å². The molecular weight excluding hydrogens is 400 g/mol. The van der Waals surface area contributed by atoms with Gasteiger partial charge in [0.05, 0.1) is 5.69 Å². The van der Waals surface area contributed by atoms with Gasteiger partial charge in [-0.2, -0.15) is 0 Å². The van der Waals surface area contributed by atoms with Crippen molar-refractivity contribution in [2.24, 2.45) is 0 Å². The zero-order chi connectivity index (χ0) is 20.9. The van der Waals surface area contributed by atoms with Gasteiger partial charge in [-0.1, -0.05) is 72.3 Å². The van der Waals surface area contributed by atoms with E-state index >= 15 is 0 Å². The van der Waals surface area contributed by atoms with Gasteiger partial charge in [0, 0.05) is 11.6 Å². The Morgan fingerprint density at radius 3 is 2.47 bits per heavy atom. The van der Waals surface area contributed by atoms with Crippen molar-refractivity contribution >= 4 is 35.2 Å². The monoisotopic (exact) mass is 418 g/mol. The van der Waals surface area contributed by atoms with Crippen LogP contribution in [-0.4, -0.2) is 18.4 Å². The normalized spacial score (nSPS) is 14.2. The molecule has 1 aliphatic rings. The highest BCUT2D eigenvalue weighted by Gasteiger charge is 2.31. The molecule has 0 radical (unpaired) electrons. The number of rotatable bonds is 5. The first-order valence-corrected chi connectivity index (χ1v) is 9.85. The lowest BCUT2D eigenvalue weighted by molar-refractivity contribution is -0.123. The number of nitrogens with zero attached hydrogens (tertiary/aromatic N) is 1. The molecule has 0 aromatic heterocycles. The van der Waals surface area contributed by atoms with Gasteiger partial charge in [-0.3, -0.25) is 14.5 Å². The number of nitrogens with one attached hydrogen (secondary N) is 1. The van der Waals surface area contributed by atoms with Crippen LogP contribution in [0, 0.1) is 0 Å². The Morgan fingerprint density at radius 1 is 0.967 bits per heavy atom. The van der Waals surface area contributed by atoms with Crippen LogP contribution in [0.2, 0.25) is 5.02 Å². The highest BCUT2D eigenvalue weighted by molar-refractivity contribution is 6.32. The Hall–Kier alpha value is -3.57.